The summed E-state index contributed by atoms with van der Waals surface area (Å²) in [5.41, 5.74) is 0.865. The molecule has 0 aromatic carbocycles. The monoisotopic (exact) mass is 222 g/mol. The van der Waals surface area contributed by atoms with Gasteiger partial charge < -0.3 is 9.31 Å². The van der Waals surface area contributed by atoms with Crippen LogP contribution in [0.15, 0.2) is 23.7 Å². The molecule has 0 spiro atoms. The molecule has 0 atom stereocenters. The molecular formula is C13H23BO2. The second-order valence-corrected chi connectivity index (χ2v) is 5.38. The van der Waals surface area contributed by atoms with Crippen LogP contribution in [0.1, 0.15) is 48.0 Å². The van der Waals surface area contributed by atoms with Gasteiger partial charge in [0.2, 0.25) is 0 Å². The predicted octanol–water partition coefficient (Wildman–Crippen LogP) is 3.53. The summed E-state index contributed by atoms with van der Waals surface area (Å²) >= 11 is 0. The summed E-state index contributed by atoms with van der Waals surface area (Å²) in [6.07, 6.45) is 5.19. The van der Waals surface area contributed by atoms with Crippen LogP contribution in [0.2, 0.25) is 0 Å². The van der Waals surface area contributed by atoms with Gasteiger partial charge in [0.1, 0.15) is 0 Å². The van der Waals surface area contributed by atoms with Crippen LogP contribution in [-0.2, 0) is 9.31 Å². The van der Waals surface area contributed by atoms with E-state index < -0.39 is 0 Å². The maximum absolute atomic E-state index is 5.84. The first-order valence-corrected chi connectivity index (χ1v) is 5.98. The van der Waals surface area contributed by atoms with E-state index in [1.165, 1.54) is 5.57 Å². The third kappa shape index (κ3) is 2.99. The van der Waals surface area contributed by atoms with Gasteiger partial charge in [0.15, 0.2) is 0 Å². The molecule has 90 valence electrons. The lowest BCUT2D eigenvalue weighted by atomic mass is 9.90. The molecule has 1 aliphatic rings. The van der Waals surface area contributed by atoms with Gasteiger partial charge in [-0.25, -0.2) is 0 Å². The molecule has 0 bridgehead atoms. The van der Waals surface area contributed by atoms with Crippen molar-refractivity contribution in [1.29, 1.82) is 0 Å². The zero-order valence-electron chi connectivity index (χ0n) is 11.3. The van der Waals surface area contributed by atoms with Crippen LogP contribution in [0.5, 0.6) is 0 Å². The van der Waals surface area contributed by atoms with E-state index in [0.29, 0.717) is 0 Å². The first kappa shape index (κ1) is 13.5. The molecule has 1 heterocycles. The van der Waals surface area contributed by atoms with E-state index in [0.717, 1.165) is 6.42 Å². The summed E-state index contributed by atoms with van der Waals surface area (Å²) in [5, 5.41) is 0. The fourth-order valence-corrected chi connectivity index (χ4v) is 1.40. The van der Waals surface area contributed by atoms with Gasteiger partial charge in [0.25, 0.3) is 0 Å². The molecule has 0 aromatic rings. The van der Waals surface area contributed by atoms with Crippen molar-refractivity contribution in [3.05, 3.63) is 23.7 Å². The highest BCUT2D eigenvalue weighted by atomic mass is 16.7. The zero-order chi connectivity index (χ0) is 12.4. The lowest BCUT2D eigenvalue weighted by Crippen LogP contribution is -2.41. The SMILES string of the molecule is CC/C(C)=C/C=C\B1OC(C)(C)C(C)(C)O1. The highest BCUT2D eigenvalue weighted by Gasteiger charge is 2.49. The first-order chi connectivity index (χ1) is 7.28. The minimum absolute atomic E-state index is 0.231. The van der Waals surface area contributed by atoms with Crippen LogP contribution in [-0.4, -0.2) is 18.3 Å². The average Bonchev–Trinajstić information content (AvgIpc) is 2.35. The van der Waals surface area contributed by atoms with Crippen LogP contribution in [0.4, 0.5) is 0 Å². The molecule has 1 rings (SSSR count). The predicted molar refractivity (Wildman–Crippen MR) is 69.3 cm³/mol. The number of allylic oxidation sites excluding steroid dienone is 3. The Balaban J connectivity index is 2.61. The van der Waals surface area contributed by atoms with E-state index in [4.69, 9.17) is 9.31 Å². The zero-order valence-corrected chi connectivity index (χ0v) is 11.3. The van der Waals surface area contributed by atoms with Crippen molar-refractivity contribution in [2.75, 3.05) is 0 Å². The summed E-state index contributed by atoms with van der Waals surface area (Å²) in [4.78, 5) is 0. The number of rotatable bonds is 3. The Morgan fingerprint density at radius 2 is 1.62 bits per heavy atom. The van der Waals surface area contributed by atoms with Gasteiger partial charge in [-0.1, -0.05) is 30.6 Å². The van der Waals surface area contributed by atoms with Crippen molar-refractivity contribution in [2.24, 2.45) is 0 Å². The summed E-state index contributed by atoms with van der Waals surface area (Å²) < 4.78 is 11.7. The maximum Gasteiger partial charge on any atom is 0.487 e. The van der Waals surface area contributed by atoms with Crippen LogP contribution >= 0.6 is 0 Å². The molecule has 0 unspecified atom stereocenters. The van der Waals surface area contributed by atoms with Crippen molar-refractivity contribution in [3.63, 3.8) is 0 Å². The molecule has 16 heavy (non-hydrogen) atoms. The summed E-state index contributed by atoms with van der Waals surface area (Å²) in [5.74, 6) is 1.97. The molecule has 1 saturated heterocycles. The molecule has 0 amide bonds. The van der Waals surface area contributed by atoms with Crippen LogP contribution < -0.4 is 0 Å². The average molecular weight is 222 g/mol. The first-order valence-electron chi connectivity index (χ1n) is 5.98. The lowest BCUT2D eigenvalue weighted by molar-refractivity contribution is 0.00578. The summed E-state index contributed by atoms with van der Waals surface area (Å²) in [6, 6.07) is 0. The molecule has 3 heteroatoms. The minimum Gasteiger partial charge on any atom is -0.400 e. The van der Waals surface area contributed by atoms with Crippen LogP contribution in [0.25, 0.3) is 0 Å². The highest BCUT2D eigenvalue weighted by molar-refractivity contribution is 6.51. The van der Waals surface area contributed by atoms with Crippen molar-refractivity contribution >= 4 is 7.12 Å². The Morgan fingerprint density at radius 1 is 1.12 bits per heavy atom. The Labute approximate surface area is 99.9 Å². The van der Waals surface area contributed by atoms with Crippen LogP contribution in [0, 0.1) is 0 Å². The van der Waals surface area contributed by atoms with Gasteiger partial charge in [0.05, 0.1) is 11.2 Å². The fraction of sp³-hybridized carbons (Fsp3) is 0.692. The van der Waals surface area contributed by atoms with E-state index >= 15 is 0 Å². The van der Waals surface area contributed by atoms with Gasteiger partial charge in [-0.05, 0) is 41.0 Å². The highest BCUT2D eigenvalue weighted by Crippen LogP contribution is 2.36. The molecule has 2 nitrogen and oxygen atoms in total. The third-order valence-electron chi connectivity index (χ3n) is 3.48. The lowest BCUT2D eigenvalue weighted by Gasteiger charge is -2.32. The largest absolute Gasteiger partial charge is 0.487 e. The Kier molecular flexibility index (Phi) is 4.03. The smallest absolute Gasteiger partial charge is 0.400 e. The molecule has 1 aliphatic heterocycles. The van der Waals surface area contributed by atoms with Crippen molar-refractivity contribution in [2.45, 2.75) is 59.2 Å². The third-order valence-corrected chi connectivity index (χ3v) is 3.48. The molecular weight excluding hydrogens is 199 g/mol. The van der Waals surface area contributed by atoms with Gasteiger partial charge in [-0.2, -0.15) is 0 Å². The van der Waals surface area contributed by atoms with Crippen molar-refractivity contribution in [3.8, 4) is 0 Å². The Morgan fingerprint density at radius 3 is 2.06 bits per heavy atom. The van der Waals surface area contributed by atoms with E-state index in [-0.39, 0.29) is 18.3 Å². The molecule has 1 fully saturated rings. The van der Waals surface area contributed by atoms with E-state index in [1.54, 1.807) is 0 Å². The molecule has 0 aromatic heterocycles. The van der Waals surface area contributed by atoms with Gasteiger partial charge >= 0.3 is 7.12 Å². The van der Waals surface area contributed by atoms with Gasteiger partial charge in [-0.15, -0.1) is 0 Å². The van der Waals surface area contributed by atoms with Gasteiger partial charge in [-0.3, -0.25) is 0 Å². The molecule has 0 aliphatic carbocycles. The molecule has 0 radical (unpaired) electrons. The number of hydrogen-bond acceptors (Lipinski definition) is 2. The second-order valence-electron chi connectivity index (χ2n) is 5.38. The second kappa shape index (κ2) is 4.76. The Bertz CT molecular complexity index is 287. The number of hydrogen-bond donors (Lipinski definition) is 0. The van der Waals surface area contributed by atoms with Crippen molar-refractivity contribution in [1.82, 2.24) is 0 Å². The van der Waals surface area contributed by atoms with E-state index in [2.05, 4.69) is 47.6 Å². The fourth-order valence-electron chi connectivity index (χ4n) is 1.40. The minimum atomic E-state index is -0.245. The summed E-state index contributed by atoms with van der Waals surface area (Å²) in [7, 11) is -0.231. The normalized spacial score (nSPS) is 24.4. The molecule has 0 saturated carbocycles. The standard InChI is InChI=1S/C13H23BO2/c1-7-11(2)9-8-10-14-15-12(3,4)13(5,6)16-14/h8-10H,7H2,1-6H3/b10-8-,11-9+. The molecule has 0 N–H and O–H groups in total. The maximum atomic E-state index is 5.84. The van der Waals surface area contributed by atoms with Gasteiger partial charge in [0, 0.05) is 0 Å². The van der Waals surface area contributed by atoms with Crippen molar-refractivity contribution < 1.29 is 9.31 Å². The van der Waals surface area contributed by atoms with Crippen LogP contribution in [0.3, 0.4) is 0 Å². The Hall–Kier alpha value is -0.535. The van der Waals surface area contributed by atoms with E-state index in [9.17, 15) is 0 Å². The quantitative estimate of drug-likeness (QED) is 0.537. The topological polar surface area (TPSA) is 18.5 Å². The van der Waals surface area contributed by atoms with E-state index in [1.807, 2.05) is 12.1 Å². The summed E-state index contributed by atoms with van der Waals surface area (Å²) in [6.45, 7) is 12.5.